The molecule has 1 aliphatic rings. The van der Waals surface area contributed by atoms with Gasteiger partial charge < -0.3 is 15.0 Å². The molecule has 0 aliphatic carbocycles. The van der Waals surface area contributed by atoms with Crippen molar-refractivity contribution >= 4 is 21.7 Å². The molecule has 0 aromatic heterocycles. The summed E-state index contributed by atoms with van der Waals surface area (Å²) in [5, 5.41) is 2.73. The molecule has 1 aromatic carbocycles. The summed E-state index contributed by atoms with van der Waals surface area (Å²) in [6.45, 7) is 5.95. The summed E-state index contributed by atoms with van der Waals surface area (Å²) >= 11 is 0. The van der Waals surface area contributed by atoms with Gasteiger partial charge in [0.2, 0.25) is 11.8 Å². The van der Waals surface area contributed by atoms with Crippen LogP contribution in [0.2, 0.25) is 0 Å². The van der Waals surface area contributed by atoms with Crippen LogP contribution in [0.3, 0.4) is 0 Å². The molecule has 27 heavy (non-hydrogen) atoms. The van der Waals surface area contributed by atoms with Gasteiger partial charge in [-0.3, -0.25) is 9.59 Å². The summed E-state index contributed by atoms with van der Waals surface area (Å²) in [6.07, 6.45) is 0.329. The first-order valence-electron chi connectivity index (χ1n) is 9.23. The van der Waals surface area contributed by atoms with Gasteiger partial charge in [-0.05, 0) is 24.5 Å². The Hall–Kier alpha value is -1.93. The van der Waals surface area contributed by atoms with Crippen molar-refractivity contribution in [2.75, 3.05) is 32.1 Å². The van der Waals surface area contributed by atoms with Gasteiger partial charge in [0.05, 0.1) is 23.9 Å². The standard InChI is InChI=1S/C19H28N2O5S/c1-15(2)14-17(19(23)21-9-11-26-12-10-21)20-18(22)8-13-27(24,25)16-6-4-3-5-7-16/h3-7,15,17H,8-14H2,1-2H3,(H,20,22)/t17-/m1/s1. The molecule has 8 heteroatoms. The van der Waals surface area contributed by atoms with Gasteiger partial charge >= 0.3 is 0 Å². The largest absolute Gasteiger partial charge is 0.378 e. The minimum absolute atomic E-state index is 0.133. The number of ether oxygens (including phenoxy) is 1. The Labute approximate surface area is 161 Å². The number of hydrogen-bond donors (Lipinski definition) is 1. The Kier molecular flexibility index (Phi) is 7.79. The van der Waals surface area contributed by atoms with E-state index >= 15 is 0 Å². The second kappa shape index (κ2) is 9.85. The molecule has 1 atom stereocenters. The smallest absolute Gasteiger partial charge is 0.245 e. The molecule has 1 N–H and O–H groups in total. The maximum atomic E-state index is 12.7. The SMILES string of the molecule is CC(C)C[C@@H](NC(=O)CCS(=O)(=O)c1ccccc1)C(=O)N1CCOCC1. The van der Waals surface area contributed by atoms with Crippen molar-refractivity contribution in [3.8, 4) is 0 Å². The number of rotatable bonds is 8. The lowest BCUT2D eigenvalue weighted by atomic mass is 10.0. The summed E-state index contributed by atoms with van der Waals surface area (Å²) in [5.41, 5.74) is 0. The highest BCUT2D eigenvalue weighted by molar-refractivity contribution is 7.91. The number of carbonyl (C=O) groups excluding carboxylic acids is 2. The van der Waals surface area contributed by atoms with Crippen LogP contribution in [0.25, 0.3) is 0 Å². The van der Waals surface area contributed by atoms with E-state index < -0.39 is 21.8 Å². The van der Waals surface area contributed by atoms with Gasteiger partial charge in [0.25, 0.3) is 0 Å². The Morgan fingerprint density at radius 3 is 2.37 bits per heavy atom. The van der Waals surface area contributed by atoms with E-state index in [-0.39, 0.29) is 28.9 Å². The highest BCUT2D eigenvalue weighted by Gasteiger charge is 2.28. The minimum Gasteiger partial charge on any atom is -0.378 e. The van der Waals surface area contributed by atoms with Crippen molar-refractivity contribution in [1.82, 2.24) is 10.2 Å². The molecule has 0 radical (unpaired) electrons. The third kappa shape index (κ3) is 6.62. The van der Waals surface area contributed by atoms with Crippen LogP contribution in [0.4, 0.5) is 0 Å². The molecule has 1 heterocycles. The molecular formula is C19H28N2O5S. The quantitative estimate of drug-likeness (QED) is 0.714. The van der Waals surface area contributed by atoms with E-state index in [1.807, 2.05) is 13.8 Å². The van der Waals surface area contributed by atoms with E-state index in [4.69, 9.17) is 4.74 Å². The van der Waals surface area contributed by atoms with Gasteiger partial charge in [-0.1, -0.05) is 32.0 Å². The number of carbonyl (C=O) groups is 2. The normalized spacial score (nSPS) is 16.2. The zero-order valence-electron chi connectivity index (χ0n) is 15.9. The zero-order valence-corrected chi connectivity index (χ0v) is 16.7. The van der Waals surface area contributed by atoms with E-state index in [1.165, 1.54) is 12.1 Å². The molecule has 7 nitrogen and oxygen atoms in total. The summed E-state index contributed by atoms with van der Waals surface area (Å²) in [7, 11) is -3.53. The van der Waals surface area contributed by atoms with Gasteiger partial charge in [0.15, 0.2) is 9.84 Å². The number of benzene rings is 1. The Morgan fingerprint density at radius 1 is 1.15 bits per heavy atom. The Bertz CT molecular complexity index is 728. The number of hydrogen-bond acceptors (Lipinski definition) is 5. The molecule has 0 bridgehead atoms. The fourth-order valence-corrected chi connectivity index (χ4v) is 4.20. The van der Waals surface area contributed by atoms with Crippen molar-refractivity contribution in [3.05, 3.63) is 30.3 Å². The van der Waals surface area contributed by atoms with E-state index in [9.17, 15) is 18.0 Å². The minimum atomic E-state index is -3.53. The molecule has 2 amide bonds. The molecule has 1 saturated heterocycles. The van der Waals surface area contributed by atoms with Crippen molar-refractivity contribution in [3.63, 3.8) is 0 Å². The first-order valence-corrected chi connectivity index (χ1v) is 10.9. The van der Waals surface area contributed by atoms with Crippen LogP contribution in [-0.2, 0) is 24.2 Å². The number of amides is 2. The Morgan fingerprint density at radius 2 is 1.78 bits per heavy atom. The Balaban J connectivity index is 1.95. The molecule has 1 aliphatic heterocycles. The summed E-state index contributed by atoms with van der Waals surface area (Å²) in [6, 6.07) is 7.40. The lowest BCUT2D eigenvalue weighted by molar-refractivity contribution is -0.140. The third-order valence-electron chi connectivity index (χ3n) is 4.36. The van der Waals surface area contributed by atoms with Crippen molar-refractivity contribution < 1.29 is 22.7 Å². The summed E-state index contributed by atoms with van der Waals surface area (Å²) < 4.78 is 29.9. The highest BCUT2D eigenvalue weighted by Crippen LogP contribution is 2.13. The fourth-order valence-electron chi connectivity index (χ4n) is 2.94. The number of sulfone groups is 1. The molecule has 150 valence electrons. The summed E-state index contributed by atoms with van der Waals surface area (Å²) in [4.78, 5) is 26.9. The number of morpholine rings is 1. The van der Waals surface area contributed by atoms with E-state index in [1.54, 1.807) is 23.1 Å². The van der Waals surface area contributed by atoms with E-state index in [0.717, 1.165) is 0 Å². The summed E-state index contributed by atoms with van der Waals surface area (Å²) in [5.74, 6) is -0.635. The molecule has 2 rings (SSSR count). The van der Waals surface area contributed by atoms with Gasteiger partial charge in [-0.15, -0.1) is 0 Å². The van der Waals surface area contributed by atoms with Gasteiger partial charge in [-0.2, -0.15) is 0 Å². The first-order chi connectivity index (χ1) is 12.8. The maximum Gasteiger partial charge on any atom is 0.245 e. The third-order valence-corrected chi connectivity index (χ3v) is 6.10. The molecule has 0 saturated carbocycles. The average molecular weight is 397 g/mol. The second-order valence-electron chi connectivity index (χ2n) is 7.07. The predicted octanol–water partition coefficient (Wildman–Crippen LogP) is 1.24. The van der Waals surface area contributed by atoms with Crippen molar-refractivity contribution in [2.24, 2.45) is 5.92 Å². The molecule has 1 fully saturated rings. The van der Waals surface area contributed by atoms with Gasteiger partial charge in [0.1, 0.15) is 6.04 Å². The lowest BCUT2D eigenvalue weighted by Crippen LogP contribution is -2.52. The van der Waals surface area contributed by atoms with Crippen LogP contribution in [0.1, 0.15) is 26.7 Å². The molecule has 1 aromatic rings. The van der Waals surface area contributed by atoms with Crippen molar-refractivity contribution in [2.45, 2.75) is 37.6 Å². The number of nitrogens with one attached hydrogen (secondary N) is 1. The molecule has 0 spiro atoms. The number of nitrogens with zero attached hydrogens (tertiary/aromatic N) is 1. The zero-order chi connectivity index (χ0) is 19.9. The van der Waals surface area contributed by atoms with Crippen LogP contribution >= 0.6 is 0 Å². The molecule has 0 unspecified atom stereocenters. The van der Waals surface area contributed by atoms with Crippen LogP contribution in [0.15, 0.2) is 35.2 Å². The predicted molar refractivity (Wildman–Crippen MR) is 102 cm³/mol. The van der Waals surface area contributed by atoms with Gasteiger partial charge in [0, 0.05) is 19.5 Å². The van der Waals surface area contributed by atoms with Crippen LogP contribution in [0.5, 0.6) is 0 Å². The highest BCUT2D eigenvalue weighted by atomic mass is 32.2. The second-order valence-corrected chi connectivity index (χ2v) is 9.18. The first kappa shape index (κ1) is 21.4. The monoisotopic (exact) mass is 396 g/mol. The topological polar surface area (TPSA) is 92.8 Å². The fraction of sp³-hybridized carbons (Fsp3) is 0.579. The van der Waals surface area contributed by atoms with Crippen LogP contribution < -0.4 is 5.32 Å². The van der Waals surface area contributed by atoms with Crippen LogP contribution in [0, 0.1) is 5.92 Å². The molecular weight excluding hydrogens is 368 g/mol. The van der Waals surface area contributed by atoms with Crippen molar-refractivity contribution in [1.29, 1.82) is 0 Å². The lowest BCUT2D eigenvalue weighted by Gasteiger charge is -2.31. The van der Waals surface area contributed by atoms with Gasteiger partial charge in [-0.25, -0.2) is 8.42 Å². The average Bonchev–Trinajstić information content (AvgIpc) is 2.66. The maximum absolute atomic E-state index is 12.7. The van der Waals surface area contributed by atoms with Crippen LogP contribution in [-0.4, -0.2) is 63.2 Å². The van der Waals surface area contributed by atoms with E-state index in [2.05, 4.69) is 5.32 Å². The van der Waals surface area contributed by atoms with E-state index in [0.29, 0.717) is 32.7 Å².